The highest BCUT2D eigenvalue weighted by Crippen LogP contribution is 2.29. The van der Waals surface area contributed by atoms with E-state index < -0.39 is 0 Å². The predicted molar refractivity (Wildman–Crippen MR) is 89.4 cm³/mol. The molecule has 1 heterocycles. The van der Waals surface area contributed by atoms with Crippen LogP contribution >= 0.6 is 23.2 Å². The Labute approximate surface area is 137 Å². The largest absolute Gasteiger partial charge is 0.374 e. The Balaban J connectivity index is 2.18. The first kappa shape index (κ1) is 17.0. The summed E-state index contributed by atoms with van der Waals surface area (Å²) < 4.78 is 6.01. The van der Waals surface area contributed by atoms with Crippen molar-refractivity contribution in [3.63, 3.8) is 0 Å². The SMILES string of the molecule is CCCNC(c1ccc(Cl)c(Cl)c1)C1CN(CC)CCO1. The molecule has 0 bridgehead atoms. The van der Waals surface area contributed by atoms with E-state index in [1.807, 2.05) is 18.2 Å². The van der Waals surface area contributed by atoms with Gasteiger partial charge in [0.2, 0.25) is 0 Å². The summed E-state index contributed by atoms with van der Waals surface area (Å²) in [5.41, 5.74) is 1.14. The zero-order chi connectivity index (χ0) is 15.2. The molecule has 1 aromatic carbocycles. The van der Waals surface area contributed by atoms with Gasteiger partial charge in [0, 0.05) is 13.1 Å². The predicted octanol–water partition coefficient (Wildman–Crippen LogP) is 3.75. The lowest BCUT2D eigenvalue weighted by molar-refractivity contribution is -0.0455. The minimum Gasteiger partial charge on any atom is -0.374 e. The third kappa shape index (κ3) is 4.57. The quantitative estimate of drug-likeness (QED) is 0.859. The topological polar surface area (TPSA) is 24.5 Å². The van der Waals surface area contributed by atoms with Crippen molar-refractivity contribution in [2.24, 2.45) is 0 Å². The first-order valence-corrected chi connectivity index (χ1v) is 8.43. The summed E-state index contributed by atoms with van der Waals surface area (Å²) in [4.78, 5) is 2.42. The Bertz CT molecular complexity index is 456. The molecule has 1 aliphatic heterocycles. The first-order chi connectivity index (χ1) is 10.2. The normalized spacial score (nSPS) is 21.4. The molecule has 0 spiro atoms. The molecule has 0 saturated carbocycles. The fourth-order valence-corrected chi connectivity index (χ4v) is 3.00. The molecule has 1 saturated heterocycles. The van der Waals surface area contributed by atoms with E-state index in [2.05, 4.69) is 24.1 Å². The van der Waals surface area contributed by atoms with Crippen molar-refractivity contribution >= 4 is 23.2 Å². The minimum absolute atomic E-state index is 0.141. The summed E-state index contributed by atoms with van der Waals surface area (Å²) in [7, 11) is 0. The van der Waals surface area contributed by atoms with Gasteiger partial charge in [-0.1, -0.05) is 43.1 Å². The van der Waals surface area contributed by atoms with Gasteiger partial charge in [-0.2, -0.15) is 0 Å². The second kappa shape index (κ2) is 8.35. The molecule has 2 unspecified atom stereocenters. The Morgan fingerprint density at radius 2 is 2.14 bits per heavy atom. The molecule has 0 amide bonds. The third-order valence-corrected chi connectivity index (χ3v) is 4.65. The van der Waals surface area contributed by atoms with Crippen LogP contribution in [0, 0.1) is 0 Å². The van der Waals surface area contributed by atoms with E-state index in [4.69, 9.17) is 27.9 Å². The van der Waals surface area contributed by atoms with E-state index in [-0.39, 0.29) is 12.1 Å². The molecule has 1 aliphatic rings. The van der Waals surface area contributed by atoms with E-state index >= 15 is 0 Å². The molecular weight excluding hydrogens is 307 g/mol. The van der Waals surface area contributed by atoms with E-state index in [0.717, 1.165) is 44.8 Å². The molecular formula is C16H24Cl2N2O. The molecule has 2 rings (SSSR count). The lowest BCUT2D eigenvalue weighted by Crippen LogP contribution is -2.48. The van der Waals surface area contributed by atoms with Crippen LogP contribution in [0.3, 0.4) is 0 Å². The van der Waals surface area contributed by atoms with Gasteiger partial charge >= 0.3 is 0 Å². The van der Waals surface area contributed by atoms with Gasteiger partial charge in [-0.05, 0) is 37.2 Å². The van der Waals surface area contributed by atoms with Crippen molar-refractivity contribution in [2.45, 2.75) is 32.4 Å². The van der Waals surface area contributed by atoms with Gasteiger partial charge in [-0.15, -0.1) is 0 Å². The van der Waals surface area contributed by atoms with Crippen molar-refractivity contribution in [2.75, 3.05) is 32.8 Å². The number of hydrogen-bond donors (Lipinski definition) is 1. The number of likely N-dealkylation sites (N-methyl/N-ethyl adjacent to an activating group) is 1. The van der Waals surface area contributed by atoms with Crippen molar-refractivity contribution in [1.29, 1.82) is 0 Å². The highest BCUT2D eigenvalue weighted by Gasteiger charge is 2.28. The maximum absolute atomic E-state index is 6.18. The maximum atomic E-state index is 6.18. The van der Waals surface area contributed by atoms with Crippen LogP contribution in [-0.2, 0) is 4.74 Å². The summed E-state index contributed by atoms with van der Waals surface area (Å²) in [6, 6.07) is 6.00. The molecule has 1 aromatic rings. The molecule has 5 heteroatoms. The Morgan fingerprint density at radius 3 is 2.81 bits per heavy atom. The molecule has 118 valence electrons. The number of morpholine rings is 1. The number of halogens is 2. The van der Waals surface area contributed by atoms with Gasteiger partial charge in [0.15, 0.2) is 0 Å². The Kier molecular flexibility index (Phi) is 6.77. The van der Waals surface area contributed by atoms with Gasteiger partial charge in [0.1, 0.15) is 0 Å². The van der Waals surface area contributed by atoms with Gasteiger partial charge in [0.25, 0.3) is 0 Å². The fourth-order valence-electron chi connectivity index (χ4n) is 2.69. The van der Waals surface area contributed by atoms with E-state index in [1.54, 1.807) is 0 Å². The van der Waals surface area contributed by atoms with Crippen LogP contribution in [0.4, 0.5) is 0 Å². The number of benzene rings is 1. The summed E-state index contributed by atoms with van der Waals surface area (Å²) in [5.74, 6) is 0. The highest BCUT2D eigenvalue weighted by atomic mass is 35.5. The van der Waals surface area contributed by atoms with Crippen LogP contribution < -0.4 is 5.32 Å². The van der Waals surface area contributed by atoms with E-state index in [0.29, 0.717) is 10.0 Å². The summed E-state index contributed by atoms with van der Waals surface area (Å²) >= 11 is 12.2. The Hall–Kier alpha value is -0.320. The van der Waals surface area contributed by atoms with Crippen LogP contribution in [0.15, 0.2) is 18.2 Å². The summed E-state index contributed by atoms with van der Waals surface area (Å²) in [5, 5.41) is 4.78. The third-order valence-electron chi connectivity index (χ3n) is 3.91. The molecule has 1 N–H and O–H groups in total. The van der Waals surface area contributed by atoms with Crippen molar-refractivity contribution in [1.82, 2.24) is 10.2 Å². The average Bonchev–Trinajstić information content (AvgIpc) is 2.51. The molecule has 21 heavy (non-hydrogen) atoms. The second-order valence-corrected chi connectivity index (χ2v) is 6.22. The molecule has 0 radical (unpaired) electrons. The zero-order valence-corrected chi connectivity index (χ0v) is 14.3. The van der Waals surface area contributed by atoms with Crippen molar-refractivity contribution < 1.29 is 4.74 Å². The summed E-state index contributed by atoms with van der Waals surface area (Å²) in [6.07, 6.45) is 1.23. The molecule has 0 aliphatic carbocycles. The number of rotatable bonds is 6. The number of nitrogens with one attached hydrogen (secondary N) is 1. The lowest BCUT2D eigenvalue weighted by Gasteiger charge is -2.37. The Morgan fingerprint density at radius 1 is 1.33 bits per heavy atom. The minimum atomic E-state index is 0.141. The second-order valence-electron chi connectivity index (χ2n) is 5.41. The number of ether oxygens (including phenoxy) is 1. The van der Waals surface area contributed by atoms with E-state index in [9.17, 15) is 0 Å². The van der Waals surface area contributed by atoms with Crippen molar-refractivity contribution in [3.8, 4) is 0 Å². The van der Waals surface area contributed by atoms with Crippen LogP contribution in [0.25, 0.3) is 0 Å². The van der Waals surface area contributed by atoms with Gasteiger partial charge in [0.05, 0.1) is 28.8 Å². The molecule has 0 aromatic heterocycles. The van der Waals surface area contributed by atoms with Crippen molar-refractivity contribution in [3.05, 3.63) is 33.8 Å². The highest BCUT2D eigenvalue weighted by molar-refractivity contribution is 6.42. The molecule has 1 fully saturated rings. The van der Waals surface area contributed by atoms with Gasteiger partial charge < -0.3 is 10.1 Å². The van der Waals surface area contributed by atoms with Gasteiger partial charge in [-0.25, -0.2) is 0 Å². The standard InChI is InChI=1S/C16H24Cl2N2O/c1-3-7-19-16(12-5-6-13(17)14(18)10-12)15-11-20(4-2)8-9-21-15/h5-6,10,15-16,19H,3-4,7-9,11H2,1-2H3. The summed E-state index contributed by atoms with van der Waals surface area (Å²) in [6.45, 7) is 9.10. The smallest absolute Gasteiger partial charge is 0.0896 e. The number of hydrogen-bond acceptors (Lipinski definition) is 3. The van der Waals surface area contributed by atoms with Crippen LogP contribution in [0.1, 0.15) is 31.9 Å². The van der Waals surface area contributed by atoms with E-state index in [1.165, 1.54) is 0 Å². The van der Waals surface area contributed by atoms with Gasteiger partial charge in [-0.3, -0.25) is 4.90 Å². The first-order valence-electron chi connectivity index (χ1n) is 7.68. The average molecular weight is 331 g/mol. The maximum Gasteiger partial charge on any atom is 0.0896 e. The number of nitrogens with zero attached hydrogens (tertiary/aromatic N) is 1. The zero-order valence-electron chi connectivity index (χ0n) is 12.7. The lowest BCUT2D eigenvalue weighted by atomic mass is 9.99. The molecule has 3 nitrogen and oxygen atoms in total. The monoisotopic (exact) mass is 330 g/mol. The van der Waals surface area contributed by atoms with Crippen LogP contribution in [0.2, 0.25) is 10.0 Å². The van der Waals surface area contributed by atoms with Crippen LogP contribution in [-0.4, -0.2) is 43.8 Å². The van der Waals surface area contributed by atoms with Crippen LogP contribution in [0.5, 0.6) is 0 Å². The molecule has 2 atom stereocenters. The fraction of sp³-hybridized carbons (Fsp3) is 0.625.